The summed E-state index contributed by atoms with van der Waals surface area (Å²) < 4.78 is 0. The number of rotatable bonds is 2. The van der Waals surface area contributed by atoms with Crippen molar-refractivity contribution in [2.75, 3.05) is 0 Å². The van der Waals surface area contributed by atoms with Crippen molar-refractivity contribution >= 4 is 24.0 Å². The number of urea groups is 1. The third-order valence-corrected chi connectivity index (χ3v) is 2.19. The standard InChI is InChI=1S/C11H8N2O4/c14-9-8(12-11(17)13-9)5-6-1-3-7(4-2-6)10(15)16/h1-5H,(H,15,16)(H2,12,13,14,17)/b8-5+. The predicted molar refractivity (Wildman–Crippen MR) is 58.1 cm³/mol. The van der Waals surface area contributed by atoms with Gasteiger partial charge < -0.3 is 10.4 Å². The highest BCUT2D eigenvalue weighted by atomic mass is 16.4. The zero-order chi connectivity index (χ0) is 12.4. The fourth-order valence-corrected chi connectivity index (χ4v) is 1.37. The van der Waals surface area contributed by atoms with Gasteiger partial charge in [0.15, 0.2) is 0 Å². The molecule has 6 heteroatoms. The highest BCUT2D eigenvalue weighted by Crippen LogP contribution is 2.10. The van der Waals surface area contributed by atoms with E-state index in [1.165, 1.54) is 18.2 Å². The van der Waals surface area contributed by atoms with Gasteiger partial charge >= 0.3 is 12.0 Å². The molecule has 0 radical (unpaired) electrons. The maximum absolute atomic E-state index is 11.2. The van der Waals surface area contributed by atoms with Crippen molar-refractivity contribution in [2.45, 2.75) is 0 Å². The van der Waals surface area contributed by atoms with E-state index in [1.807, 2.05) is 0 Å². The Morgan fingerprint density at radius 3 is 2.24 bits per heavy atom. The number of carbonyl (C=O) groups is 3. The zero-order valence-corrected chi connectivity index (χ0v) is 8.56. The summed E-state index contributed by atoms with van der Waals surface area (Å²) in [4.78, 5) is 32.7. The lowest BCUT2D eigenvalue weighted by atomic mass is 10.1. The molecule has 1 heterocycles. The number of carboxylic acid groups (broad SMARTS) is 1. The molecule has 6 nitrogen and oxygen atoms in total. The second-order valence-electron chi connectivity index (χ2n) is 3.39. The largest absolute Gasteiger partial charge is 0.478 e. The first-order chi connectivity index (χ1) is 8.06. The molecule has 1 aromatic rings. The van der Waals surface area contributed by atoms with Crippen LogP contribution in [0.25, 0.3) is 6.08 Å². The molecule has 0 aliphatic carbocycles. The number of imide groups is 1. The monoisotopic (exact) mass is 232 g/mol. The molecule has 0 atom stereocenters. The lowest BCUT2D eigenvalue weighted by Gasteiger charge is -1.97. The van der Waals surface area contributed by atoms with Gasteiger partial charge in [0, 0.05) is 0 Å². The SMILES string of the molecule is O=C1NC(=O)/C(=C\c2ccc(C(=O)O)cc2)N1. The van der Waals surface area contributed by atoms with Gasteiger partial charge in [0.1, 0.15) is 5.70 Å². The van der Waals surface area contributed by atoms with Gasteiger partial charge in [-0.25, -0.2) is 9.59 Å². The Bertz CT molecular complexity index is 531. The molecule has 0 saturated carbocycles. The van der Waals surface area contributed by atoms with Gasteiger partial charge in [-0.3, -0.25) is 10.1 Å². The molecule has 1 aliphatic heterocycles. The number of benzene rings is 1. The van der Waals surface area contributed by atoms with Crippen LogP contribution < -0.4 is 10.6 Å². The van der Waals surface area contributed by atoms with Gasteiger partial charge in [0.2, 0.25) is 0 Å². The summed E-state index contributed by atoms with van der Waals surface area (Å²) in [6, 6.07) is 5.37. The molecular weight excluding hydrogens is 224 g/mol. The summed E-state index contributed by atoms with van der Waals surface area (Å²) >= 11 is 0. The van der Waals surface area contributed by atoms with Crippen molar-refractivity contribution in [1.29, 1.82) is 0 Å². The second kappa shape index (κ2) is 4.09. The quantitative estimate of drug-likeness (QED) is 0.513. The van der Waals surface area contributed by atoms with E-state index >= 15 is 0 Å². The third kappa shape index (κ3) is 2.31. The van der Waals surface area contributed by atoms with Gasteiger partial charge in [-0.1, -0.05) is 12.1 Å². The van der Waals surface area contributed by atoms with Crippen molar-refractivity contribution in [1.82, 2.24) is 10.6 Å². The molecule has 17 heavy (non-hydrogen) atoms. The van der Waals surface area contributed by atoms with E-state index in [-0.39, 0.29) is 11.3 Å². The van der Waals surface area contributed by atoms with Crippen molar-refractivity contribution in [3.63, 3.8) is 0 Å². The molecule has 1 aromatic carbocycles. The van der Waals surface area contributed by atoms with E-state index in [4.69, 9.17) is 5.11 Å². The number of nitrogens with one attached hydrogen (secondary N) is 2. The number of carboxylic acids is 1. The van der Waals surface area contributed by atoms with Gasteiger partial charge in [-0.2, -0.15) is 0 Å². The van der Waals surface area contributed by atoms with E-state index < -0.39 is 17.9 Å². The third-order valence-electron chi connectivity index (χ3n) is 2.19. The predicted octanol–water partition coefficient (Wildman–Crippen LogP) is 0.565. The van der Waals surface area contributed by atoms with Crippen LogP contribution in [0.3, 0.4) is 0 Å². The lowest BCUT2D eigenvalue weighted by Crippen LogP contribution is -2.22. The maximum atomic E-state index is 11.2. The summed E-state index contributed by atoms with van der Waals surface area (Å²) in [6.45, 7) is 0. The Labute approximate surface area is 95.9 Å². The summed E-state index contributed by atoms with van der Waals surface area (Å²) in [7, 11) is 0. The number of carbonyl (C=O) groups excluding carboxylic acids is 2. The van der Waals surface area contributed by atoms with E-state index in [0.717, 1.165) is 0 Å². The van der Waals surface area contributed by atoms with Gasteiger partial charge in [0.05, 0.1) is 5.56 Å². The number of hydrogen-bond donors (Lipinski definition) is 3. The Morgan fingerprint density at radius 2 is 1.76 bits per heavy atom. The Morgan fingerprint density at radius 1 is 1.12 bits per heavy atom. The number of amides is 3. The van der Waals surface area contributed by atoms with Crippen molar-refractivity contribution < 1.29 is 19.5 Å². The summed E-state index contributed by atoms with van der Waals surface area (Å²) in [5.41, 5.74) is 0.924. The molecule has 3 amide bonds. The summed E-state index contributed by atoms with van der Waals surface area (Å²) in [5.74, 6) is -1.52. The number of aromatic carboxylic acids is 1. The van der Waals surface area contributed by atoms with E-state index in [2.05, 4.69) is 10.6 Å². The molecule has 1 saturated heterocycles. The highest BCUT2D eigenvalue weighted by Gasteiger charge is 2.22. The molecule has 0 spiro atoms. The van der Waals surface area contributed by atoms with Gasteiger partial charge in [-0.05, 0) is 23.8 Å². The fraction of sp³-hybridized carbons (Fsp3) is 0. The molecule has 3 N–H and O–H groups in total. The van der Waals surface area contributed by atoms with Crippen molar-refractivity contribution in [3.8, 4) is 0 Å². The lowest BCUT2D eigenvalue weighted by molar-refractivity contribution is -0.115. The molecule has 1 fully saturated rings. The van der Waals surface area contributed by atoms with Gasteiger partial charge in [0.25, 0.3) is 5.91 Å². The first-order valence-electron chi connectivity index (χ1n) is 4.73. The maximum Gasteiger partial charge on any atom is 0.335 e. The topological polar surface area (TPSA) is 95.5 Å². The van der Waals surface area contributed by atoms with Crippen LogP contribution in [-0.2, 0) is 4.79 Å². The Kier molecular flexibility index (Phi) is 2.61. The van der Waals surface area contributed by atoms with Crippen LogP contribution in [0.1, 0.15) is 15.9 Å². The minimum atomic E-state index is -1.02. The average Bonchev–Trinajstić information content (AvgIpc) is 2.58. The minimum absolute atomic E-state index is 0.137. The molecule has 0 bridgehead atoms. The smallest absolute Gasteiger partial charge is 0.335 e. The fourth-order valence-electron chi connectivity index (χ4n) is 1.37. The van der Waals surface area contributed by atoms with Crippen LogP contribution in [0.15, 0.2) is 30.0 Å². The minimum Gasteiger partial charge on any atom is -0.478 e. The van der Waals surface area contributed by atoms with E-state index in [0.29, 0.717) is 5.56 Å². The van der Waals surface area contributed by atoms with Crippen LogP contribution >= 0.6 is 0 Å². The Balaban J connectivity index is 2.24. The van der Waals surface area contributed by atoms with Crippen LogP contribution in [0.4, 0.5) is 4.79 Å². The average molecular weight is 232 g/mol. The zero-order valence-electron chi connectivity index (χ0n) is 8.56. The number of hydrogen-bond acceptors (Lipinski definition) is 3. The second-order valence-corrected chi connectivity index (χ2v) is 3.39. The first kappa shape index (κ1) is 10.9. The van der Waals surface area contributed by atoms with Crippen LogP contribution in [0.5, 0.6) is 0 Å². The molecule has 2 rings (SSSR count). The van der Waals surface area contributed by atoms with Crippen molar-refractivity contribution in [3.05, 3.63) is 41.1 Å². The summed E-state index contributed by atoms with van der Waals surface area (Å²) in [5, 5.41) is 13.1. The molecule has 1 aliphatic rings. The van der Waals surface area contributed by atoms with Crippen molar-refractivity contribution in [2.24, 2.45) is 0 Å². The first-order valence-corrected chi connectivity index (χ1v) is 4.73. The Hall–Kier alpha value is -2.63. The van der Waals surface area contributed by atoms with Crippen LogP contribution in [-0.4, -0.2) is 23.0 Å². The van der Waals surface area contributed by atoms with E-state index in [9.17, 15) is 14.4 Å². The van der Waals surface area contributed by atoms with Crippen LogP contribution in [0.2, 0.25) is 0 Å². The molecule has 86 valence electrons. The normalized spacial score (nSPS) is 16.8. The molecular formula is C11H8N2O4. The summed E-state index contributed by atoms with van der Waals surface area (Å²) in [6.07, 6.45) is 1.46. The van der Waals surface area contributed by atoms with E-state index in [1.54, 1.807) is 12.1 Å². The van der Waals surface area contributed by atoms with Crippen LogP contribution in [0, 0.1) is 0 Å². The molecule has 0 aromatic heterocycles. The molecule has 0 unspecified atom stereocenters. The highest BCUT2D eigenvalue weighted by molar-refractivity contribution is 6.14. The van der Waals surface area contributed by atoms with Gasteiger partial charge in [-0.15, -0.1) is 0 Å².